The first-order valence-corrected chi connectivity index (χ1v) is 6.08. The van der Waals surface area contributed by atoms with Gasteiger partial charge in [0.1, 0.15) is 12.4 Å². The van der Waals surface area contributed by atoms with E-state index in [0.29, 0.717) is 26.2 Å². The second-order valence-electron chi connectivity index (χ2n) is 2.99. The molecule has 1 N–H and O–H groups in total. The fraction of sp³-hybridized carbons (Fsp3) is 0.417. The number of thiol groups is 1. The molecular formula is C12H19NO3S. The lowest BCUT2D eigenvalue weighted by Gasteiger charge is -2.07. The summed E-state index contributed by atoms with van der Waals surface area (Å²) < 4.78 is 10.3. The Bertz CT molecular complexity index is 308. The molecule has 4 nitrogen and oxygen atoms in total. The van der Waals surface area contributed by atoms with E-state index in [1.807, 2.05) is 24.3 Å². The largest absolute Gasteiger partial charge is 0.491 e. The van der Waals surface area contributed by atoms with E-state index in [2.05, 4.69) is 17.9 Å². The van der Waals surface area contributed by atoms with Crippen molar-refractivity contribution in [1.82, 2.24) is 5.32 Å². The first kappa shape index (κ1) is 15.8. The van der Waals surface area contributed by atoms with E-state index >= 15 is 0 Å². The number of carbonyl (C=O) groups is 1. The molecule has 1 aromatic rings. The standard InChI is InChI=1S/C11H15NO3.CH4S/c1-14-5-6-15-11-4-2-3-10(7-11)8-12-9-13;1-2/h2-4,7,9H,5-6,8H2,1H3,(H,12,13);2H,1H3. The van der Waals surface area contributed by atoms with E-state index < -0.39 is 0 Å². The number of rotatable bonds is 7. The highest BCUT2D eigenvalue weighted by Crippen LogP contribution is 2.12. The lowest BCUT2D eigenvalue weighted by Crippen LogP contribution is -2.10. The van der Waals surface area contributed by atoms with Gasteiger partial charge in [-0.05, 0) is 24.0 Å². The summed E-state index contributed by atoms with van der Waals surface area (Å²) in [5.74, 6) is 0.789. The Morgan fingerprint density at radius 3 is 2.76 bits per heavy atom. The third-order valence-electron chi connectivity index (χ3n) is 1.84. The smallest absolute Gasteiger partial charge is 0.207 e. The van der Waals surface area contributed by atoms with Gasteiger partial charge in [0.15, 0.2) is 0 Å². The minimum Gasteiger partial charge on any atom is -0.491 e. The predicted octanol–water partition coefficient (Wildman–Crippen LogP) is 1.50. The first-order valence-electron chi connectivity index (χ1n) is 5.19. The molecule has 1 aromatic carbocycles. The highest BCUT2D eigenvalue weighted by atomic mass is 32.1. The summed E-state index contributed by atoms with van der Waals surface area (Å²) >= 11 is 3.53. The summed E-state index contributed by atoms with van der Waals surface area (Å²) in [6, 6.07) is 7.59. The molecule has 0 atom stereocenters. The molecule has 5 heteroatoms. The molecule has 0 saturated carbocycles. The Morgan fingerprint density at radius 2 is 2.12 bits per heavy atom. The molecule has 0 aromatic heterocycles. The van der Waals surface area contributed by atoms with E-state index in [1.165, 1.54) is 0 Å². The molecule has 0 saturated heterocycles. The van der Waals surface area contributed by atoms with Gasteiger partial charge in [-0.2, -0.15) is 12.6 Å². The van der Waals surface area contributed by atoms with Crippen molar-refractivity contribution in [3.05, 3.63) is 29.8 Å². The van der Waals surface area contributed by atoms with Crippen LogP contribution in [0.25, 0.3) is 0 Å². The third kappa shape index (κ3) is 7.65. The second kappa shape index (κ2) is 11.3. The third-order valence-corrected chi connectivity index (χ3v) is 1.84. The molecule has 0 spiro atoms. The molecule has 17 heavy (non-hydrogen) atoms. The van der Waals surface area contributed by atoms with Crippen molar-refractivity contribution in [1.29, 1.82) is 0 Å². The van der Waals surface area contributed by atoms with Gasteiger partial charge in [0.25, 0.3) is 0 Å². The molecule has 0 bridgehead atoms. The van der Waals surface area contributed by atoms with Gasteiger partial charge in [-0.3, -0.25) is 4.79 Å². The summed E-state index contributed by atoms with van der Waals surface area (Å²) in [5, 5.41) is 2.60. The molecule has 0 radical (unpaired) electrons. The van der Waals surface area contributed by atoms with Crippen LogP contribution in [-0.2, 0) is 16.1 Å². The topological polar surface area (TPSA) is 47.6 Å². The van der Waals surface area contributed by atoms with E-state index in [4.69, 9.17) is 9.47 Å². The van der Waals surface area contributed by atoms with E-state index in [0.717, 1.165) is 11.3 Å². The number of carbonyl (C=O) groups excluding carboxylic acids is 1. The van der Waals surface area contributed by atoms with Gasteiger partial charge in [0.2, 0.25) is 6.41 Å². The van der Waals surface area contributed by atoms with Crippen LogP contribution < -0.4 is 10.1 Å². The molecule has 0 aliphatic heterocycles. The van der Waals surface area contributed by atoms with Crippen molar-refractivity contribution >= 4 is 19.0 Å². The van der Waals surface area contributed by atoms with Gasteiger partial charge >= 0.3 is 0 Å². The van der Waals surface area contributed by atoms with Gasteiger partial charge in [0, 0.05) is 13.7 Å². The van der Waals surface area contributed by atoms with E-state index in [-0.39, 0.29) is 0 Å². The van der Waals surface area contributed by atoms with Crippen LogP contribution in [0, 0.1) is 0 Å². The number of nitrogens with one attached hydrogen (secondary N) is 1. The van der Waals surface area contributed by atoms with Crippen LogP contribution in [-0.4, -0.2) is 33.0 Å². The molecule has 0 fully saturated rings. The maximum atomic E-state index is 10.1. The summed E-state index contributed by atoms with van der Waals surface area (Å²) in [4.78, 5) is 10.1. The van der Waals surface area contributed by atoms with E-state index in [9.17, 15) is 4.79 Å². The zero-order valence-corrected chi connectivity index (χ0v) is 11.1. The Labute approximate surface area is 108 Å². The summed E-state index contributed by atoms with van der Waals surface area (Å²) in [6.07, 6.45) is 2.37. The van der Waals surface area contributed by atoms with Crippen LogP contribution in [0.5, 0.6) is 5.75 Å². The monoisotopic (exact) mass is 257 g/mol. The van der Waals surface area contributed by atoms with Crippen molar-refractivity contribution in [2.75, 3.05) is 26.6 Å². The van der Waals surface area contributed by atoms with Crippen molar-refractivity contribution in [3.8, 4) is 5.75 Å². The van der Waals surface area contributed by atoms with Crippen molar-refractivity contribution in [2.45, 2.75) is 6.54 Å². The number of ether oxygens (including phenoxy) is 2. The number of benzene rings is 1. The summed E-state index contributed by atoms with van der Waals surface area (Å²) in [7, 11) is 1.63. The Balaban J connectivity index is 0.00000121. The normalized spacial score (nSPS) is 8.88. The van der Waals surface area contributed by atoms with Gasteiger partial charge in [0.05, 0.1) is 6.61 Å². The molecule has 0 heterocycles. The van der Waals surface area contributed by atoms with Crippen LogP contribution >= 0.6 is 12.6 Å². The SMILES string of the molecule is COCCOc1cccc(CNC=O)c1.CS. The Kier molecular flexibility index (Phi) is 10.5. The molecule has 1 amide bonds. The number of amides is 1. The van der Waals surface area contributed by atoms with Crippen LogP contribution in [0.1, 0.15) is 5.56 Å². The zero-order valence-electron chi connectivity index (χ0n) is 10.2. The molecular weight excluding hydrogens is 238 g/mol. The molecule has 96 valence electrons. The van der Waals surface area contributed by atoms with Gasteiger partial charge in [-0.1, -0.05) is 12.1 Å². The fourth-order valence-electron chi connectivity index (χ4n) is 1.15. The Hall–Kier alpha value is -1.20. The van der Waals surface area contributed by atoms with Crippen molar-refractivity contribution in [2.24, 2.45) is 0 Å². The maximum absolute atomic E-state index is 10.1. The van der Waals surface area contributed by atoms with Crippen LogP contribution in [0.3, 0.4) is 0 Å². The van der Waals surface area contributed by atoms with Gasteiger partial charge < -0.3 is 14.8 Å². The first-order chi connectivity index (χ1) is 8.36. The summed E-state index contributed by atoms with van der Waals surface area (Å²) in [5.41, 5.74) is 1.01. The highest BCUT2D eigenvalue weighted by molar-refractivity contribution is 7.79. The van der Waals surface area contributed by atoms with Crippen LogP contribution in [0.4, 0.5) is 0 Å². The van der Waals surface area contributed by atoms with Crippen LogP contribution in [0.15, 0.2) is 24.3 Å². The van der Waals surface area contributed by atoms with Gasteiger partial charge in [-0.15, -0.1) is 0 Å². The lowest BCUT2D eigenvalue weighted by molar-refractivity contribution is -0.109. The fourth-order valence-corrected chi connectivity index (χ4v) is 1.15. The quantitative estimate of drug-likeness (QED) is 0.442. The minimum atomic E-state index is 0.519. The number of hydrogen-bond donors (Lipinski definition) is 2. The lowest BCUT2D eigenvalue weighted by atomic mass is 10.2. The number of methoxy groups -OCH3 is 1. The Morgan fingerprint density at radius 1 is 1.35 bits per heavy atom. The highest BCUT2D eigenvalue weighted by Gasteiger charge is 1.96. The van der Waals surface area contributed by atoms with Crippen molar-refractivity contribution < 1.29 is 14.3 Å². The summed E-state index contributed by atoms with van der Waals surface area (Å²) in [6.45, 7) is 1.61. The maximum Gasteiger partial charge on any atom is 0.207 e. The minimum absolute atomic E-state index is 0.519. The average Bonchev–Trinajstić information content (AvgIpc) is 2.40. The molecule has 0 unspecified atom stereocenters. The van der Waals surface area contributed by atoms with Crippen LogP contribution in [0.2, 0.25) is 0 Å². The van der Waals surface area contributed by atoms with E-state index in [1.54, 1.807) is 13.4 Å². The van der Waals surface area contributed by atoms with Gasteiger partial charge in [-0.25, -0.2) is 0 Å². The predicted molar refractivity (Wildman–Crippen MR) is 71.6 cm³/mol. The molecule has 0 aliphatic rings. The average molecular weight is 257 g/mol. The van der Waals surface area contributed by atoms with Crippen molar-refractivity contribution in [3.63, 3.8) is 0 Å². The molecule has 0 aliphatic carbocycles. The zero-order chi connectivity index (χ0) is 12.9. The number of hydrogen-bond acceptors (Lipinski definition) is 4. The molecule has 1 rings (SSSR count). The second-order valence-corrected chi connectivity index (χ2v) is 2.99.